The van der Waals surface area contributed by atoms with Crippen molar-refractivity contribution in [2.45, 2.75) is 71.9 Å². The van der Waals surface area contributed by atoms with Crippen LogP contribution in [0.5, 0.6) is 0 Å². The SMILES string of the molecule is C=CC(=O)N(CC)C(=O)c1ccc([C](C)ON2C(C)(C)CCCC2(C)C)cc1. The molecule has 5 heteroatoms. The molecule has 1 radical (unpaired) electrons. The lowest BCUT2D eigenvalue weighted by molar-refractivity contribution is -0.269. The fourth-order valence-corrected chi connectivity index (χ4v) is 3.93. The maximum Gasteiger partial charge on any atom is 0.260 e. The van der Waals surface area contributed by atoms with Crippen molar-refractivity contribution < 1.29 is 14.4 Å². The summed E-state index contributed by atoms with van der Waals surface area (Å²) < 4.78 is 0. The van der Waals surface area contributed by atoms with Crippen molar-refractivity contribution in [2.24, 2.45) is 0 Å². The Morgan fingerprint density at radius 2 is 1.61 bits per heavy atom. The van der Waals surface area contributed by atoms with Crippen molar-refractivity contribution in [2.75, 3.05) is 6.54 Å². The van der Waals surface area contributed by atoms with Crippen molar-refractivity contribution in [3.8, 4) is 0 Å². The molecule has 0 saturated carbocycles. The number of carbonyl (C=O) groups is 2. The van der Waals surface area contributed by atoms with Gasteiger partial charge in [0.25, 0.3) is 11.8 Å². The summed E-state index contributed by atoms with van der Waals surface area (Å²) >= 11 is 0. The molecule has 5 nitrogen and oxygen atoms in total. The van der Waals surface area contributed by atoms with Crippen LogP contribution in [0.2, 0.25) is 0 Å². The quantitative estimate of drug-likeness (QED) is 0.664. The van der Waals surface area contributed by atoms with Gasteiger partial charge < -0.3 is 0 Å². The number of rotatable bonds is 6. The second-order valence-electron chi connectivity index (χ2n) is 8.59. The number of amides is 2. The Labute approximate surface area is 169 Å². The summed E-state index contributed by atoms with van der Waals surface area (Å²) in [5, 5.41) is 2.11. The van der Waals surface area contributed by atoms with E-state index in [1.807, 2.05) is 19.1 Å². The second kappa shape index (κ2) is 8.58. The minimum Gasteiger partial charge on any atom is -0.283 e. The van der Waals surface area contributed by atoms with Gasteiger partial charge in [-0.1, -0.05) is 18.7 Å². The summed E-state index contributed by atoms with van der Waals surface area (Å²) in [6, 6.07) is 7.18. The van der Waals surface area contributed by atoms with Crippen LogP contribution >= 0.6 is 0 Å². The van der Waals surface area contributed by atoms with Gasteiger partial charge in [0.1, 0.15) is 6.10 Å². The van der Waals surface area contributed by atoms with Gasteiger partial charge in [0.05, 0.1) is 0 Å². The first kappa shape index (κ1) is 22.3. The van der Waals surface area contributed by atoms with Crippen molar-refractivity contribution in [1.82, 2.24) is 9.96 Å². The number of piperidine rings is 1. The Hall–Kier alpha value is -1.98. The summed E-state index contributed by atoms with van der Waals surface area (Å²) in [5.41, 5.74) is 1.27. The predicted octanol–water partition coefficient (Wildman–Crippen LogP) is 4.74. The van der Waals surface area contributed by atoms with Gasteiger partial charge in [0.15, 0.2) is 0 Å². The zero-order valence-corrected chi connectivity index (χ0v) is 18.0. The van der Waals surface area contributed by atoms with Gasteiger partial charge in [0, 0.05) is 23.2 Å². The lowest BCUT2D eigenvalue weighted by atomic mass is 9.82. The fraction of sp³-hybridized carbons (Fsp3) is 0.522. The van der Waals surface area contributed by atoms with Gasteiger partial charge in [-0.25, -0.2) is 0 Å². The van der Waals surface area contributed by atoms with E-state index in [1.165, 1.54) is 11.3 Å². The first-order valence-corrected chi connectivity index (χ1v) is 9.94. The summed E-state index contributed by atoms with van der Waals surface area (Å²) in [7, 11) is 0. The van der Waals surface area contributed by atoms with Crippen molar-refractivity contribution in [3.63, 3.8) is 0 Å². The van der Waals surface area contributed by atoms with Crippen LogP contribution in [-0.4, -0.2) is 39.4 Å². The number of likely N-dealkylation sites (N-methyl/N-ethyl adjacent to an activating group) is 1. The number of imide groups is 1. The number of nitrogens with zero attached hydrogens (tertiary/aromatic N) is 2. The fourth-order valence-electron chi connectivity index (χ4n) is 3.93. The van der Waals surface area contributed by atoms with E-state index in [0.717, 1.165) is 30.6 Å². The predicted molar refractivity (Wildman–Crippen MR) is 111 cm³/mol. The summed E-state index contributed by atoms with van der Waals surface area (Å²) in [6.45, 7) is 16.3. The Balaban J connectivity index is 2.15. The molecule has 0 unspecified atom stereocenters. The average molecular weight is 386 g/mol. The molecule has 0 N–H and O–H groups in total. The Morgan fingerprint density at radius 3 is 2.07 bits per heavy atom. The number of carbonyl (C=O) groups excluding carboxylic acids is 2. The first-order valence-electron chi connectivity index (χ1n) is 9.94. The monoisotopic (exact) mass is 385 g/mol. The van der Waals surface area contributed by atoms with E-state index in [-0.39, 0.29) is 17.0 Å². The van der Waals surface area contributed by atoms with Crippen LogP contribution in [0.4, 0.5) is 0 Å². The summed E-state index contributed by atoms with van der Waals surface area (Å²) in [5.74, 6) is -0.715. The standard InChI is InChI=1S/C23H33N2O3/c1-8-20(26)24(9-2)21(27)19-13-11-18(12-14-19)17(3)28-25-22(4,5)15-10-16-23(25,6)7/h8,11-14H,1,9-10,15-16H2,2-7H3. The molecule has 2 rings (SSSR count). The highest BCUT2D eigenvalue weighted by Gasteiger charge is 2.43. The molecule has 0 aromatic heterocycles. The van der Waals surface area contributed by atoms with Gasteiger partial charge in [0.2, 0.25) is 0 Å². The van der Waals surface area contributed by atoms with Crippen molar-refractivity contribution >= 4 is 11.8 Å². The largest absolute Gasteiger partial charge is 0.283 e. The first-order chi connectivity index (χ1) is 13.0. The maximum absolute atomic E-state index is 12.6. The zero-order chi connectivity index (χ0) is 21.1. The van der Waals surface area contributed by atoms with Gasteiger partial charge >= 0.3 is 0 Å². The molecule has 1 aliphatic rings. The highest BCUT2D eigenvalue weighted by Crippen LogP contribution is 2.40. The third-order valence-corrected chi connectivity index (χ3v) is 5.45. The molecule has 0 spiro atoms. The van der Waals surface area contributed by atoms with Gasteiger partial charge in [-0.05, 0) is 84.6 Å². The van der Waals surface area contributed by atoms with Crippen LogP contribution in [0.25, 0.3) is 0 Å². The molecule has 1 aliphatic heterocycles. The van der Waals surface area contributed by atoms with Gasteiger partial charge in [-0.15, -0.1) is 0 Å². The normalized spacial score (nSPS) is 18.7. The lowest BCUT2D eigenvalue weighted by Gasteiger charge is -2.52. The van der Waals surface area contributed by atoms with E-state index >= 15 is 0 Å². The Kier molecular flexibility index (Phi) is 6.84. The molecule has 153 valence electrons. The zero-order valence-electron chi connectivity index (χ0n) is 18.0. The molecule has 1 fully saturated rings. The lowest BCUT2D eigenvalue weighted by Crippen LogP contribution is -2.58. The Morgan fingerprint density at radius 1 is 1.11 bits per heavy atom. The highest BCUT2D eigenvalue weighted by atomic mass is 16.7. The second-order valence-corrected chi connectivity index (χ2v) is 8.59. The number of hydrogen-bond donors (Lipinski definition) is 0. The van der Waals surface area contributed by atoms with Crippen LogP contribution in [0, 0.1) is 6.10 Å². The number of hydrogen-bond acceptors (Lipinski definition) is 4. The summed E-state index contributed by atoms with van der Waals surface area (Å²) in [4.78, 5) is 31.9. The number of benzene rings is 1. The Bertz CT molecular complexity index is 706. The van der Waals surface area contributed by atoms with E-state index in [1.54, 1.807) is 19.1 Å². The molecule has 0 bridgehead atoms. The molecule has 28 heavy (non-hydrogen) atoms. The van der Waals surface area contributed by atoms with Crippen LogP contribution in [-0.2, 0) is 9.63 Å². The maximum atomic E-state index is 12.6. The molecular weight excluding hydrogens is 352 g/mol. The molecule has 1 aromatic carbocycles. The molecule has 1 saturated heterocycles. The minimum atomic E-state index is -0.391. The smallest absolute Gasteiger partial charge is 0.260 e. The van der Waals surface area contributed by atoms with E-state index in [4.69, 9.17) is 4.84 Å². The van der Waals surface area contributed by atoms with Crippen molar-refractivity contribution in [1.29, 1.82) is 0 Å². The third-order valence-electron chi connectivity index (χ3n) is 5.45. The highest BCUT2D eigenvalue weighted by molar-refractivity contribution is 6.07. The van der Waals surface area contributed by atoms with Gasteiger partial charge in [-0.2, -0.15) is 5.06 Å². The van der Waals surface area contributed by atoms with E-state index < -0.39 is 5.91 Å². The molecule has 1 heterocycles. The van der Waals surface area contributed by atoms with Crippen molar-refractivity contribution in [3.05, 3.63) is 54.2 Å². The topological polar surface area (TPSA) is 49.9 Å². The third kappa shape index (κ3) is 4.70. The van der Waals surface area contributed by atoms with Crippen LogP contribution in [0.3, 0.4) is 0 Å². The molecular formula is C23H33N2O3. The summed E-state index contributed by atoms with van der Waals surface area (Å²) in [6.07, 6.45) is 5.30. The molecule has 2 amide bonds. The molecule has 0 atom stereocenters. The molecule has 0 aliphatic carbocycles. The van der Waals surface area contributed by atoms with Crippen LogP contribution in [0.15, 0.2) is 36.9 Å². The molecule has 1 aromatic rings. The van der Waals surface area contributed by atoms with Gasteiger partial charge in [-0.3, -0.25) is 19.3 Å². The van der Waals surface area contributed by atoms with Crippen LogP contribution < -0.4 is 0 Å². The van der Waals surface area contributed by atoms with E-state index in [9.17, 15) is 9.59 Å². The van der Waals surface area contributed by atoms with E-state index in [2.05, 4.69) is 39.3 Å². The average Bonchev–Trinajstić information content (AvgIpc) is 2.64. The minimum absolute atomic E-state index is 0.0500. The van der Waals surface area contributed by atoms with E-state index in [0.29, 0.717) is 12.1 Å². The number of hydroxylamine groups is 2. The van der Waals surface area contributed by atoms with Crippen LogP contribution in [0.1, 0.15) is 76.7 Å².